The summed E-state index contributed by atoms with van der Waals surface area (Å²) in [6.45, 7) is 1.99. The first-order valence-electron chi connectivity index (χ1n) is 7.36. The van der Waals surface area contributed by atoms with Crippen LogP contribution >= 0.6 is 0 Å². The number of halogens is 3. The van der Waals surface area contributed by atoms with Crippen LogP contribution < -0.4 is 5.32 Å². The Morgan fingerprint density at radius 3 is 2.43 bits per heavy atom. The largest absolute Gasteiger partial charge is 0.416 e. The number of alkyl halides is 3. The van der Waals surface area contributed by atoms with E-state index in [1.54, 1.807) is 19.2 Å². The standard InChI is InChI=1S/C16H22F3NO/c1-11(20-14-4-3-5-15(10-14)21-2)12-6-8-13(9-7-12)16(17,18)19/h6-9,11,14-15,20H,3-5,10H2,1-2H3. The van der Waals surface area contributed by atoms with E-state index in [1.165, 1.54) is 0 Å². The van der Waals surface area contributed by atoms with Crippen molar-refractivity contribution in [3.63, 3.8) is 0 Å². The zero-order valence-electron chi connectivity index (χ0n) is 12.4. The summed E-state index contributed by atoms with van der Waals surface area (Å²) in [5.41, 5.74) is 0.276. The number of methoxy groups -OCH3 is 1. The monoisotopic (exact) mass is 301 g/mol. The molecule has 1 aromatic carbocycles. The molecule has 0 aromatic heterocycles. The summed E-state index contributed by atoms with van der Waals surface area (Å²) in [6, 6.07) is 5.79. The van der Waals surface area contributed by atoms with Crippen molar-refractivity contribution in [3.8, 4) is 0 Å². The van der Waals surface area contributed by atoms with Gasteiger partial charge >= 0.3 is 6.18 Å². The van der Waals surface area contributed by atoms with Crippen LogP contribution in [0.1, 0.15) is 49.8 Å². The van der Waals surface area contributed by atoms with Crippen LogP contribution in [0.5, 0.6) is 0 Å². The van der Waals surface area contributed by atoms with Crippen LogP contribution in [0.15, 0.2) is 24.3 Å². The van der Waals surface area contributed by atoms with Gasteiger partial charge in [-0.2, -0.15) is 13.2 Å². The van der Waals surface area contributed by atoms with Crippen molar-refractivity contribution < 1.29 is 17.9 Å². The van der Waals surface area contributed by atoms with Gasteiger partial charge in [-0.1, -0.05) is 12.1 Å². The van der Waals surface area contributed by atoms with E-state index in [2.05, 4.69) is 5.32 Å². The first-order valence-corrected chi connectivity index (χ1v) is 7.36. The lowest BCUT2D eigenvalue weighted by Crippen LogP contribution is -2.38. The zero-order valence-corrected chi connectivity index (χ0v) is 12.4. The molecular formula is C16H22F3NO. The van der Waals surface area contributed by atoms with E-state index in [0.29, 0.717) is 6.04 Å². The lowest BCUT2D eigenvalue weighted by molar-refractivity contribution is -0.137. The molecule has 1 aliphatic rings. The van der Waals surface area contributed by atoms with Crippen molar-refractivity contribution >= 4 is 0 Å². The highest BCUT2D eigenvalue weighted by Gasteiger charge is 2.30. The molecule has 1 aromatic rings. The van der Waals surface area contributed by atoms with Crippen molar-refractivity contribution in [2.45, 2.75) is 57.0 Å². The maximum atomic E-state index is 12.5. The summed E-state index contributed by atoms with van der Waals surface area (Å²) in [5.74, 6) is 0. The molecule has 0 amide bonds. The third-order valence-corrected chi connectivity index (χ3v) is 4.18. The molecule has 0 bridgehead atoms. The third-order valence-electron chi connectivity index (χ3n) is 4.18. The van der Waals surface area contributed by atoms with Crippen LogP contribution in [0, 0.1) is 0 Å². The predicted molar refractivity (Wildman–Crippen MR) is 76.0 cm³/mol. The molecule has 0 saturated heterocycles. The first kappa shape index (κ1) is 16.3. The average molecular weight is 301 g/mol. The fraction of sp³-hybridized carbons (Fsp3) is 0.625. The van der Waals surface area contributed by atoms with Crippen LogP contribution in [-0.4, -0.2) is 19.3 Å². The fourth-order valence-electron chi connectivity index (χ4n) is 2.92. The highest BCUT2D eigenvalue weighted by atomic mass is 19.4. The van der Waals surface area contributed by atoms with E-state index >= 15 is 0 Å². The summed E-state index contributed by atoms with van der Waals surface area (Å²) >= 11 is 0. The summed E-state index contributed by atoms with van der Waals surface area (Å²) in [5, 5.41) is 3.50. The Kier molecular flexibility index (Phi) is 5.27. The van der Waals surface area contributed by atoms with Gasteiger partial charge in [0, 0.05) is 19.2 Å². The fourth-order valence-corrected chi connectivity index (χ4v) is 2.92. The topological polar surface area (TPSA) is 21.3 Å². The number of ether oxygens (including phenoxy) is 1. The first-order chi connectivity index (χ1) is 9.90. The molecule has 0 radical (unpaired) electrons. The lowest BCUT2D eigenvalue weighted by atomic mass is 9.91. The Hall–Kier alpha value is -1.07. The minimum absolute atomic E-state index is 0.0351. The maximum Gasteiger partial charge on any atom is 0.416 e. The van der Waals surface area contributed by atoms with Gasteiger partial charge < -0.3 is 10.1 Å². The number of nitrogens with one attached hydrogen (secondary N) is 1. The van der Waals surface area contributed by atoms with Crippen LogP contribution in [0.3, 0.4) is 0 Å². The van der Waals surface area contributed by atoms with Gasteiger partial charge in [0.1, 0.15) is 0 Å². The molecule has 21 heavy (non-hydrogen) atoms. The normalized spacial score (nSPS) is 24.8. The molecule has 0 spiro atoms. The molecule has 2 nitrogen and oxygen atoms in total. The molecule has 3 unspecified atom stereocenters. The van der Waals surface area contributed by atoms with Gasteiger partial charge in [-0.05, 0) is 50.3 Å². The highest BCUT2D eigenvalue weighted by Crippen LogP contribution is 2.30. The van der Waals surface area contributed by atoms with Crippen molar-refractivity contribution in [1.29, 1.82) is 0 Å². The predicted octanol–water partition coefficient (Wildman–Crippen LogP) is 4.31. The van der Waals surface area contributed by atoms with Gasteiger partial charge in [-0.3, -0.25) is 0 Å². The average Bonchev–Trinajstić information content (AvgIpc) is 2.46. The molecule has 1 saturated carbocycles. The Labute approximate surface area is 123 Å². The number of hydrogen-bond donors (Lipinski definition) is 1. The smallest absolute Gasteiger partial charge is 0.381 e. The second-order valence-corrected chi connectivity index (χ2v) is 5.73. The van der Waals surface area contributed by atoms with Crippen molar-refractivity contribution in [2.24, 2.45) is 0 Å². The van der Waals surface area contributed by atoms with Gasteiger partial charge in [0.25, 0.3) is 0 Å². The van der Waals surface area contributed by atoms with Gasteiger partial charge in [0.15, 0.2) is 0 Å². The Bertz CT molecular complexity index is 444. The second-order valence-electron chi connectivity index (χ2n) is 5.73. The van der Waals surface area contributed by atoms with E-state index in [0.717, 1.165) is 43.4 Å². The van der Waals surface area contributed by atoms with Gasteiger partial charge in [-0.25, -0.2) is 0 Å². The van der Waals surface area contributed by atoms with Crippen LogP contribution in [0.4, 0.5) is 13.2 Å². The Balaban J connectivity index is 1.95. The van der Waals surface area contributed by atoms with Gasteiger partial charge in [0.2, 0.25) is 0 Å². The zero-order chi connectivity index (χ0) is 15.5. The second kappa shape index (κ2) is 6.79. The SMILES string of the molecule is COC1CCCC(NC(C)c2ccc(C(F)(F)F)cc2)C1. The van der Waals surface area contributed by atoms with E-state index in [1.807, 2.05) is 6.92 Å². The summed E-state index contributed by atoms with van der Waals surface area (Å²) in [4.78, 5) is 0. The molecule has 1 N–H and O–H groups in total. The number of hydrogen-bond acceptors (Lipinski definition) is 2. The minimum atomic E-state index is -4.27. The van der Waals surface area contributed by atoms with Crippen molar-refractivity contribution in [2.75, 3.05) is 7.11 Å². The summed E-state index contributed by atoms with van der Waals surface area (Å²) in [7, 11) is 1.73. The van der Waals surface area contributed by atoms with E-state index in [-0.39, 0.29) is 12.1 Å². The highest BCUT2D eigenvalue weighted by molar-refractivity contribution is 5.26. The van der Waals surface area contributed by atoms with Crippen molar-refractivity contribution in [3.05, 3.63) is 35.4 Å². The van der Waals surface area contributed by atoms with Crippen molar-refractivity contribution in [1.82, 2.24) is 5.32 Å². The third kappa shape index (κ3) is 4.45. The minimum Gasteiger partial charge on any atom is -0.381 e. The molecule has 0 heterocycles. The number of benzene rings is 1. The van der Waals surface area contributed by atoms with Gasteiger partial charge in [0.05, 0.1) is 11.7 Å². The molecule has 118 valence electrons. The Morgan fingerprint density at radius 2 is 1.86 bits per heavy atom. The molecule has 3 atom stereocenters. The van der Waals surface area contributed by atoms with Gasteiger partial charge in [-0.15, -0.1) is 0 Å². The summed E-state index contributed by atoms with van der Waals surface area (Å²) in [6.07, 6.45) is 0.270. The molecule has 5 heteroatoms. The lowest BCUT2D eigenvalue weighted by Gasteiger charge is -2.31. The molecular weight excluding hydrogens is 279 g/mol. The maximum absolute atomic E-state index is 12.5. The molecule has 2 rings (SSSR count). The molecule has 0 aliphatic heterocycles. The summed E-state index contributed by atoms with van der Waals surface area (Å²) < 4.78 is 43.0. The van der Waals surface area contributed by atoms with E-state index in [9.17, 15) is 13.2 Å². The van der Waals surface area contributed by atoms with Crippen LogP contribution in [0.25, 0.3) is 0 Å². The van der Waals surface area contributed by atoms with E-state index < -0.39 is 11.7 Å². The quantitative estimate of drug-likeness (QED) is 0.894. The molecule has 1 fully saturated rings. The number of rotatable bonds is 4. The molecule has 1 aliphatic carbocycles. The van der Waals surface area contributed by atoms with Crippen LogP contribution in [-0.2, 0) is 10.9 Å². The van der Waals surface area contributed by atoms with Crippen LogP contribution in [0.2, 0.25) is 0 Å². The van der Waals surface area contributed by atoms with E-state index in [4.69, 9.17) is 4.74 Å². The Morgan fingerprint density at radius 1 is 1.19 bits per heavy atom.